The van der Waals surface area contributed by atoms with Gasteiger partial charge in [-0.25, -0.2) is 0 Å². The van der Waals surface area contributed by atoms with E-state index in [2.05, 4.69) is 20.8 Å². The van der Waals surface area contributed by atoms with Crippen molar-refractivity contribution in [2.24, 2.45) is 5.41 Å². The van der Waals surface area contributed by atoms with E-state index < -0.39 is 0 Å². The molecular formula is C14H28O2. The molecule has 0 amide bonds. The van der Waals surface area contributed by atoms with Crippen LogP contribution in [-0.4, -0.2) is 23.9 Å². The maximum atomic E-state index is 9.57. The van der Waals surface area contributed by atoms with Crippen LogP contribution < -0.4 is 0 Å². The Morgan fingerprint density at radius 2 is 1.75 bits per heavy atom. The minimum absolute atomic E-state index is 0.0256. The first-order valence-electron chi connectivity index (χ1n) is 6.88. The Bertz CT molecular complexity index is 189. The van der Waals surface area contributed by atoms with Crippen LogP contribution in [-0.2, 0) is 4.74 Å². The molecule has 0 aliphatic heterocycles. The molecule has 0 aromatic heterocycles. The Morgan fingerprint density at radius 3 is 2.31 bits per heavy atom. The van der Waals surface area contributed by atoms with Gasteiger partial charge in [-0.05, 0) is 6.42 Å². The Kier molecular flexibility index (Phi) is 5.77. The maximum absolute atomic E-state index is 9.57. The first kappa shape index (κ1) is 14.0. The lowest BCUT2D eigenvalue weighted by molar-refractivity contribution is -0.175. The summed E-state index contributed by atoms with van der Waals surface area (Å²) < 4.78 is 5.81. The van der Waals surface area contributed by atoms with E-state index in [9.17, 15) is 5.11 Å². The topological polar surface area (TPSA) is 29.5 Å². The molecule has 1 aliphatic carbocycles. The van der Waals surface area contributed by atoms with Crippen LogP contribution >= 0.6 is 0 Å². The molecule has 0 spiro atoms. The molecule has 16 heavy (non-hydrogen) atoms. The third kappa shape index (κ3) is 3.74. The van der Waals surface area contributed by atoms with Gasteiger partial charge in [0.1, 0.15) is 0 Å². The van der Waals surface area contributed by atoms with E-state index in [0.717, 1.165) is 13.0 Å². The van der Waals surface area contributed by atoms with E-state index in [-0.39, 0.29) is 17.6 Å². The van der Waals surface area contributed by atoms with Gasteiger partial charge in [0.2, 0.25) is 0 Å². The molecule has 96 valence electrons. The van der Waals surface area contributed by atoms with Crippen molar-refractivity contribution in [2.75, 3.05) is 6.61 Å². The summed E-state index contributed by atoms with van der Waals surface area (Å²) in [4.78, 5) is 0. The van der Waals surface area contributed by atoms with E-state index >= 15 is 0 Å². The van der Waals surface area contributed by atoms with Crippen LogP contribution in [0.3, 0.4) is 0 Å². The number of hydrogen-bond acceptors (Lipinski definition) is 2. The summed E-state index contributed by atoms with van der Waals surface area (Å²) in [7, 11) is 0. The van der Waals surface area contributed by atoms with E-state index in [0.29, 0.717) is 0 Å². The zero-order valence-corrected chi connectivity index (χ0v) is 11.2. The second kappa shape index (κ2) is 6.61. The van der Waals surface area contributed by atoms with Crippen LogP contribution in [0.2, 0.25) is 0 Å². The van der Waals surface area contributed by atoms with Crippen molar-refractivity contribution < 1.29 is 9.84 Å². The van der Waals surface area contributed by atoms with Gasteiger partial charge in [-0.15, -0.1) is 0 Å². The van der Waals surface area contributed by atoms with E-state index in [1.54, 1.807) is 0 Å². The predicted molar refractivity (Wildman–Crippen MR) is 67.5 cm³/mol. The summed E-state index contributed by atoms with van der Waals surface area (Å²) in [5.41, 5.74) is -0.0256. The Hall–Kier alpha value is -0.0800. The third-order valence-electron chi connectivity index (χ3n) is 3.94. The maximum Gasteiger partial charge on any atom is 0.0675 e. The van der Waals surface area contributed by atoms with Gasteiger partial charge >= 0.3 is 0 Å². The molecule has 2 nitrogen and oxygen atoms in total. The SMILES string of the molecule is CCCCCCCCOC1CC(O)C1(C)C. The molecule has 0 saturated heterocycles. The number of rotatable bonds is 8. The van der Waals surface area contributed by atoms with Gasteiger partial charge in [0.25, 0.3) is 0 Å². The van der Waals surface area contributed by atoms with Crippen molar-refractivity contribution >= 4 is 0 Å². The van der Waals surface area contributed by atoms with Crippen LogP contribution in [0.25, 0.3) is 0 Å². The number of hydrogen-bond donors (Lipinski definition) is 1. The number of ether oxygens (including phenoxy) is 1. The average molecular weight is 228 g/mol. The normalized spacial score (nSPS) is 27.8. The molecular weight excluding hydrogens is 200 g/mol. The number of aliphatic hydroxyl groups excluding tert-OH is 1. The summed E-state index contributed by atoms with van der Waals surface area (Å²) in [6, 6.07) is 0. The Labute approximate surface area is 100 Å². The van der Waals surface area contributed by atoms with Crippen molar-refractivity contribution in [1.82, 2.24) is 0 Å². The molecule has 1 rings (SSSR count). The molecule has 2 unspecified atom stereocenters. The van der Waals surface area contributed by atoms with Crippen molar-refractivity contribution in [3.8, 4) is 0 Å². The number of unbranched alkanes of at least 4 members (excludes halogenated alkanes) is 5. The molecule has 2 heteroatoms. The van der Waals surface area contributed by atoms with Gasteiger partial charge in [0, 0.05) is 18.4 Å². The van der Waals surface area contributed by atoms with Gasteiger partial charge in [0.05, 0.1) is 12.2 Å². The smallest absolute Gasteiger partial charge is 0.0675 e. The summed E-state index contributed by atoms with van der Waals surface area (Å²) in [5.74, 6) is 0. The van der Waals surface area contributed by atoms with Crippen LogP contribution in [0.4, 0.5) is 0 Å². The second-order valence-electron chi connectivity index (χ2n) is 5.70. The average Bonchev–Trinajstić information content (AvgIpc) is 2.26. The fourth-order valence-electron chi connectivity index (χ4n) is 2.26. The summed E-state index contributed by atoms with van der Waals surface area (Å²) in [6.07, 6.45) is 8.77. The lowest BCUT2D eigenvalue weighted by atomic mass is 9.66. The lowest BCUT2D eigenvalue weighted by Gasteiger charge is -2.48. The molecule has 1 aliphatic rings. The first-order valence-corrected chi connectivity index (χ1v) is 6.88. The summed E-state index contributed by atoms with van der Waals surface area (Å²) in [6.45, 7) is 7.29. The van der Waals surface area contributed by atoms with E-state index in [1.807, 2.05) is 0 Å². The molecule has 0 bridgehead atoms. The molecule has 1 fully saturated rings. The zero-order chi connectivity index (χ0) is 12.0. The van der Waals surface area contributed by atoms with Gasteiger partial charge < -0.3 is 9.84 Å². The quantitative estimate of drug-likeness (QED) is 0.644. The molecule has 2 atom stereocenters. The largest absolute Gasteiger partial charge is 0.392 e. The van der Waals surface area contributed by atoms with Crippen molar-refractivity contribution in [3.05, 3.63) is 0 Å². The predicted octanol–water partition coefficient (Wildman–Crippen LogP) is 3.52. The summed E-state index contributed by atoms with van der Waals surface area (Å²) >= 11 is 0. The minimum atomic E-state index is -0.165. The van der Waals surface area contributed by atoms with Crippen LogP contribution in [0.1, 0.15) is 65.7 Å². The van der Waals surface area contributed by atoms with E-state index in [1.165, 1.54) is 38.5 Å². The fourth-order valence-corrected chi connectivity index (χ4v) is 2.26. The lowest BCUT2D eigenvalue weighted by Crippen LogP contribution is -2.54. The van der Waals surface area contributed by atoms with Crippen molar-refractivity contribution in [1.29, 1.82) is 0 Å². The highest BCUT2D eigenvalue weighted by Gasteiger charge is 2.47. The molecule has 0 aromatic rings. The standard InChI is InChI=1S/C14H28O2/c1-4-5-6-7-8-9-10-16-13-11-12(15)14(13,2)3/h12-13,15H,4-11H2,1-3H3. The molecule has 0 heterocycles. The Balaban J connectivity index is 1.93. The zero-order valence-electron chi connectivity index (χ0n) is 11.2. The molecule has 0 radical (unpaired) electrons. The highest BCUT2D eigenvalue weighted by Crippen LogP contribution is 2.42. The van der Waals surface area contributed by atoms with Crippen LogP contribution in [0.15, 0.2) is 0 Å². The first-order chi connectivity index (χ1) is 7.59. The van der Waals surface area contributed by atoms with Crippen molar-refractivity contribution in [3.63, 3.8) is 0 Å². The van der Waals surface area contributed by atoms with Gasteiger partial charge in [0.15, 0.2) is 0 Å². The van der Waals surface area contributed by atoms with E-state index in [4.69, 9.17) is 4.74 Å². The van der Waals surface area contributed by atoms with Gasteiger partial charge in [-0.1, -0.05) is 52.9 Å². The minimum Gasteiger partial charge on any atom is -0.392 e. The third-order valence-corrected chi connectivity index (χ3v) is 3.94. The number of aliphatic hydroxyl groups is 1. The highest BCUT2D eigenvalue weighted by molar-refractivity contribution is 4.98. The molecule has 0 aromatic carbocycles. The van der Waals surface area contributed by atoms with Crippen molar-refractivity contribution in [2.45, 2.75) is 77.9 Å². The molecule has 1 N–H and O–H groups in total. The second-order valence-corrected chi connectivity index (χ2v) is 5.70. The molecule has 1 saturated carbocycles. The van der Waals surface area contributed by atoms with Gasteiger partial charge in [-0.2, -0.15) is 0 Å². The Morgan fingerprint density at radius 1 is 1.12 bits per heavy atom. The van der Waals surface area contributed by atoms with Crippen LogP contribution in [0, 0.1) is 5.41 Å². The monoisotopic (exact) mass is 228 g/mol. The van der Waals surface area contributed by atoms with Gasteiger partial charge in [-0.3, -0.25) is 0 Å². The summed E-state index contributed by atoms with van der Waals surface area (Å²) in [5, 5.41) is 9.57. The van der Waals surface area contributed by atoms with Crippen LogP contribution in [0.5, 0.6) is 0 Å². The highest BCUT2D eigenvalue weighted by atomic mass is 16.5. The fraction of sp³-hybridized carbons (Fsp3) is 1.00.